The molecular formula is C33H66O4. The molecule has 0 saturated carbocycles. The van der Waals surface area contributed by atoms with E-state index in [1.807, 2.05) is 0 Å². The van der Waals surface area contributed by atoms with Gasteiger partial charge in [0.2, 0.25) is 0 Å². The van der Waals surface area contributed by atoms with Crippen molar-refractivity contribution in [3.05, 3.63) is 0 Å². The first-order valence-corrected chi connectivity index (χ1v) is 16.6. The van der Waals surface area contributed by atoms with Crippen molar-refractivity contribution in [2.45, 2.75) is 187 Å². The maximum atomic E-state index is 12.1. The lowest BCUT2D eigenvalue weighted by atomic mass is 10.0. The minimum absolute atomic E-state index is 0.164. The molecule has 0 spiro atoms. The molecule has 0 rings (SSSR count). The van der Waals surface area contributed by atoms with E-state index < -0.39 is 6.10 Å². The van der Waals surface area contributed by atoms with Gasteiger partial charge < -0.3 is 14.6 Å². The molecule has 4 heteroatoms. The van der Waals surface area contributed by atoms with Gasteiger partial charge in [0.05, 0.1) is 13.2 Å². The molecule has 0 aliphatic heterocycles. The predicted molar refractivity (Wildman–Crippen MR) is 159 cm³/mol. The van der Waals surface area contributed by atoms with Gasteiger partial charge in [-0.3, -0.25) is 4.79 Å². The van der Waals surface area contributed by atoms with Crippen LogP contribution in [0.1, 0.15) is 181 Å². The van der Waals surface area contributed by atoms with E-state index in [1.54, 1.807) is 0 Å². The Bertz CT molecular complexity index is 440. The summed E-state index contributed by atoms with van der Waals surface area (Å²) in [6.45, 7) is 5.36. The number of ether oxygens (including phenoxy) is 2. The van der Waals surface area contributed by atoms with E-state index in [9.17, 15) is 9.90 Å². The van der Waals surface area contributed by atoms with Crippen LogP contribution in [0.25, 0.3) is 0 Å². The van der Waals surface area contributed by atoms with E-state index in [4.69, 9.17) is 9.47 Å². The first kappa shape index (κ1) is 36.4. The van der Waals surface area contributed by atoms with E-state index in [0.717, 1.165) is 19.3 Å². The van der Waals surface area contributed by atoms with Gasteiger partial charge in [0, 0.05) is 13.0 Å². The number of aliphatic hydroxyl groups is 1. The Kier molecular flexibility index (Phi) is 31.1. The Labute approximate surface area is 232 Å². The second-order valence-corrected chi connectivity index (χ2v) is 11.3. The average Bonchev–Trinajstić information content (AvgIpc) is 2.90. The van der Waals surface area contributed by atoms with E-state index in [2.05, 4.69) is 13.8 Å². The molecule has 0 aromatic rings. The summed E-state index contributed by atoms with van der Waals surface area (Å²) in [5.74, 6) is -0.198. The first-order chi connectivity index (χ1) is 18.2. The minimum atomic E-state index is -0.521. The number of carbonyl (C=O) groups is 1. The summed E-state index contributed by atoms with van der Waals surface area (Å²) in [4.78, 5) is 12.1. The molecule has 0 bridgehead atoms. The molecular weight excluding hydrogens is 460 g/mol. The van der Waals surface area contributed by atoms with Gasteiger partial charge in [-0.25, -0.2) is 0 Å². The summed E-state index contributed by atoms with van der Waals surface area (Å²) >= 11 is 0. The first-order valence-electron chi connectivity index (χ1n) is 16.6. The van der Waals surface area contributed by atoms with Crippen LogP contribution in [-0.2, 0) is 14.3 Å². The van der Waals surface area contributed by atoms with Gasteiger partial charge >= 0.3 is 5.97 Å². The van der Waals surface area contributed by atoms with Crippen molar-refractivity contribution in [3.63, 3.8) is 0 Å². The Morgan fingerprint density at radius 3 is 1.27 bits per heavy atom. The van der Waals surface area contributed by atoms with Crippen LogP contribution in [0.5, 0.6) is 0 Å². The molecule has 0 fully saturated rings. The zero-order valence-corrected chi connectivity index (χ0v) is 25.3. The highest BCUT2D eigenvalue weighted by molar-refractivity contribution is 5.69. The normalized spacial score (nSPS) is 12.2. The Balaban J connectivity index is 3.40. The van der Waals surface area contributed by atoms with Gasteiger partial charge in [0.15, 0.2) is 0 Å². The molecule has 0 aliphatic rings. The number of hydrogen-bond donors (Lipinski definition) is 1. The van der Waals surface area contributed by atoms with Crippen LogP contribution < -0.4 is 0 Å². The Hall–Kier alpha value is -0.610. The maximum absolute atomic E-state index is 12.1. The van der Waals surface area contributed by atoms with E-state index in [-0.39, 0.29) is 12.6 Å². The van der Waals surface area contributed by atoms with Crippen LogP contribution in [0.15, 0.2) is 0 Å². The van der Waals surface area contributed by atoms with Crippen molar-refractivity contribution in [1.82, 2.24) is 0 Å². The lowest BCUT2D eigenvalue weighted by Gasteiger charge is -2.16. The summed E-state index contributed by atoms with van der Waals surface area (Å²) < 4.78 is 11.1. The van der Waals surface area contributed by atoms with Crippen molar-refractivity contribution in [2.24, 2.45) is 0 Å². The SMILES string of the molecule is CCCCCCCCCCCCCCCCC(=O)OC(CO)COCCCCCCCCCCCCC. The molecule has 0 radical (unpaired) electrons. The highest BCUT2D eigenvalue weighted by Gasteiger charge is 2.13. The van der Waals surface area contributed by atoms with E-state index >= 15 is 0 Å². The third kappa shape index (κ3) is 29.8. The zero-order chi connectivity index (χ0) is 27.1. The predicted octanol–water partition coefficient (Wildman–Crippen LogP) is 10.1. The number of esters is 1. The monoisotopic (exact) mass is 526 g/mol. The van der Waals surface area contributed by atoms with Crippen LogP contribution in [-0.4, -0.2) is 37.0 Å². The topological polar surface area (TPSA) is 55.8 Å². The van der Waals surface area contributed by atoms with Gasteiger partial charge in [0.25, 0.3) is 0 Å². The van der Waals surface area contributed by atoms with Crippen LogP contribution >= 0.6 is 0 Å². The highest BCUT2D eigenvalue weighted by atomic mass is 16.6. The number of aliphatic hydroxyl groups excluding tert-OH is 1. The van der Waals surface area contributed by atoms with Crippen LogP contribution in [0.4, 0.5) is 0 Å². The summed E-state index contributed by atoms with van der Waals surface area (Å²) in [6.07, 6.45) is 32.7. The summed E-state index contributed by atoms with van der Waals surface area (Å²) in [5.41, 5.74) is 0. The smallest absolute Gasteiger partial charge is 0.306 e. The van der Waals surface area contributed by atoms with E-state index in [1.165, 1.54) is 141 Å². The lowest BCUT2D eigenvalue weighted by Crippen LogP contribution is -2.27. The zero-order valence-electron chi connectivity index (χ0n) is 25.3. The standard InChI is InChI=1S/C33H66O4/c1-3-5-7-9-11-13-15-16-17-18-20-22-24-26-28-33(35)37-32(30-34)31-36-29-27-25-23-21-19-14-12-10-8-6-4-2/h32,34H,3-31H2,1-2H3. The number of unbranched alkanes of at least 4 members (excludes halogenated alkanes) is 23. The fourth-order valence-electron chi connectivity index (χ4n) is 4.92. The molecule has 0 aliphatic carbocycles. The second-order valence-electron chi connectivity index (χ2n) is 11.3. The molecule has 37 heavy (non-hydrogen) atoms. The third-order valence-corrected chi connectivity index (χ3v) is 7.43. The molecule has 1 N–H and O–H groups in total. The van der Waals surface area contributed by atoms with Gasteiger partial charge in [-0.2, -0.15) is 0 Å². The molecule has 0 saturated heterocycles. The van der Waals surface area contributed by atoms with Gasteiger partial charge in [-0.15, -0.1) is 0 Å². The number of carbonyl (C=O) groups excluding carboxylic acids is 1. The largest absolute Gasteiger partial charge is 0.457 e. The van der Waals surface area contributed by atoms with E-state index in [0.29, 0.717) is 19.6 Å². The maximum Gasteiger partial charge on any atom is 0.306 e. The fraction of sp³-hybridized carbons (Fsp3) is 0.970. The molecule has 1 unspecified atom stereocenters. The van der Waals surface area contributed by atoms with Crippen molar-refractivity contribution < 1.29 is 19.4 Å². The van der Waals surface area contributed by atoms with Crippen LogP contribution in [0, 0.1) is 0 Å². The average molecular weight is 527 g/mol. The molecule has 0 amide bonds. The quantitative estimate of drug-likeness (QED) is 0.0721. The Morgan fingerprint density at radius 1 is 0.541 bits per heavy atom. The number of hydrogen-bond acceptors (Lipinski definition) is 4. The minimum Gasteiger partial charge on any atom is -0.457 e. The summed E-state index contributed by atoms with van der Waals surface area (Å²) in [6, 6.07) is 0. The summed E-state index contributed by atoms with van der Waals surface area (Å²) in [5, 5.41) is 9.50. The molecule has 222 valence electrons. The molecule has 0 heterocycles. The Morgan fingerprint density at radius 2 is 0.892 bits per heavy atom. The molecule has 4 nitrogen and oxygen atoms in total. The van der Waals surface area contributed by atoms with Gasteiger partial charge in [0.1, 0.15) is 6.10 Å². The number of rotatable bonds is 31. The molecule has 0 aromatic heterocycles. The lowest BCUT2D eigenvalue weighted by molar-refractivity contribution is -0.154. The van der Waals surface area contributed by atoms with Crippen molar-refractivity contribution in [1.29, 1.82) is 0 Å². The summed E-state index contributed by atoms with van der Waals surface area (Å²) in [7, 11) is 0. The fourth-order valence-corrected chi connectivity index (χ4v) is 4.92. The van der Waals surface area contributed by atoms with Crippen LogP contribution in [0.2, 0.25) is 0 Å². The molecule has 0 aromatic carbocycles. The second kappa shape index (κ2) is 31.6. The van der Waals surface area contributed by atoms with Crippen molar-refractivity contribution >= 4 is 5.97 Å². The molecule has 1 atom stereocenters. The van der Waals surface area contributed by atoms with Crippen molar-refractivity contribution in [2.75, 3.05) is 19.8 Å². The van der Waals surface area contributed by atoms with Gasteiger partial charge in [-0.1, -0.05) is 162 Å². The van der Waals surface area contributed by atoms with Crippen molar-refractivity contribution in [3.8, 4) is 0 Å². The van der Waals surface area contributed by atoms with Crippen LogP contribution in [0.3, 0.4) is 0 Å². The third-order valence-electron chi connectivity index (χ3n) is 7.43. The van der Waals surface area contributed by atoms with Gasteiger partial charge in [-0.05, 0) is 12.8 Å². The highest BCUT2D eigenvalue weighted by Crippen LogP contribution is 2.14.